The largest absolute Gasteiger partial charge is 0.335 e. The fraction of sp³-hybridized carbons (Fsp3) is 0.375. The summed E-state index contributed by atoms with van der Waals surface area (Å²) in [5.41, 5.74) is 2.26. The van der Waals surface area contributed by atoms with Crippen LogP contribution in [-0.4, -0.2) is 33.5 Å². The first-order valence-electron chi connectivity index (χ1n) is 7.49. The number of anilines is 1. The van der Waals surface area contributed by atoms with E-state index >= 15 is 0 Å². The Hall–Kier alpha value is -2.28. The molecule has 3 rings (SSSR count). The van der Waals surface area contributed by atoms with Gasteiger partial charge in [-0.1, -0.05) is 35.6 Å². The van der Waals surface area contributed by atoms with Crippen molar-refractivity contribution in [3.05, 3.63) is 40.4 Å². The molecule has 2 aromatic rings. The Morgan fingerprint density at radius 3 is 2.83 bits per heavy atom. The van der Waals surface area contributed by atoms with Crippen molar-refractivity contribution in [1.82, 2.24) is 15.1 Å². The van der Waals surface area contributed by atoms with Crippen LogP contribution in [0.15, 0.2) is 24.3 Å². The maximum absolute atomic E-state index is 12.4. The topological polar surface area (TPSA) is 75.2 Å². The van der Waals surface area contributed by atoms with E-state index in [0.29, 0.717) is 11.7 Å². The fourth-order valence-corrected chi connectivity index (χ4v) is 3.55. The van der Waals surface area contributed by atoms with Gasteiger partial charge in [0, 0.05) is 13.5 Å². The summed E-state index contributed by atoms with van der Waals surface area (Å²) in [5.74, 6) is -0.168. The van der Waals surface area contributed by atoms with Gasteiger partial charge in [-0.05, 0) is 24.5 Å². The molecule has 1 unspecified atom stereocenters. The molecule has 1 N–H and O–H groups in total. The van der Waals surface area contributed by atoms with Crippen LogP contribution in [0.3, 0.4) is 0 Å². The van der Waals surface area contributed by atoms with E-state index in [1.54, 1.807) is 11.8 Å². The highest BCUT2D eigenvalue weighted by molar-refractivity contribution is 7.15. The van der Waals surface area contributed by atoms with Crippen LogP contribution in [0.2, 0.25) is 0 Å². The molecular weight excluding hydrogens is 312 g/mol. The van der Waals surface area contributed by atoms with E-state index in [1.165, 1.54) is 16.9 Å². The molecule has 23 heavy (non-hydrogen) atoms. The molecule has 0 spiro atoms. The van der Waals surface area contributed by atoms with Gasteiger partial charge in [0.25, 0.3) is 0 Å². The highest BCUT2D eigenvalue weighted by Gasteiger charge is 2.30. The Morgan fingerprint density at radius 1 is 1.35 bits per heavy atom. The minimum atomic E-state index is -0.230. The minimum Gasteiger partial charge on any atom is -0.335 e. The lowest BCUT2D eigenvalue weighted by Gasteiger charge is -2.36. The first-order valence-corrected chi connectivity index (χ1v) is 8.31. The molecule has 0 saturated carbocycles. The Morgan fingerprint density at radius 2 is 2.13 bits per heavy atom. The Kier molecular flexibility index (Phi) is 4.38. The van der Waals surface area contributed by atoms with Gasteiger partial charge in [0.1, 0.15) is 5.01 Å². The number of hydrogen-bond donors (Lipinski definition) is 1. The van der Waals surface area contributed by atoms with Gasteiger partial charge in [0.05, 0.1) is 12.5 Å². The number of rotatable bonds is 3. The Bertz CT molecular complexity index is 743. The van der Waals surface area contributed by atoms with Crippen molar-refractivity contribution >= 4 is 28.3 Å². The number of carbonyl (C=O) groups excluding carboxylic acids is 2. The summed E-state index contributed by atoms with van der Waals surface area (Å²) in [7, 11) is 0. The van der Waals surface area contributed by atoms with Crippen molar-refractivity contribution in [3.63, 3.8) is 0 Å². The standard InChI is InChI=1S/C16H18N4O2S/c1-10-18-19-16(23-10)17-15(22)9-14-13-6-4-3-5-12(13)7-8-20(14)11(2)21/h3-6,14H,7-9H2,1-2H3,(H,17,19,22). The van der Waals surface area contributed by atoms with Crippen molar-refractivity contribution in [2.45, 2.75) is 32.7 Å². The zero-order valence-corrected chi connectivity index (χ0v) is 13.9. The molecule has 0 saturated heterocycles. The van der Waals surface area contributed by atoms with E-state index < -0.39 is 0 Å². The molecule has 0 bridgehead atoms. The normalized spacial score (nSPS) is 16.8. The summed E-state index contributed by atoms with van der Waals surface area (Å²) in [4.78, 5) is 26.1. The highest BCUT2D eigenvalue weighted by atomic mass is 32.1. The zero-order valence-electron chi connectivity index (χ0n) is 13.1. The van der Waals surface area contributed by atoms with Gasteiger partial charge in [0.15, 0.2) is 0 Å². The van der Waals surface area contributed by atoms with E-state index in [9.17, 15) is 9.59 Å². The van der Waals surface area contributed by atoms with Crippen LogP contribution >= 0.6 is 11.3 Å². The molecule has 1 atom stereocenters. The van der Waals surface area contributed by atoms with Crippen LogP contribution in [0.4, 0.5) is 5.13 Å². The van der Waals surface area contributed by atoms with E-state index in [2.05, 4.69) is 21.6 Å². The number of hydrogen-bond acceptors (Lipinski definition) is 5. The van der Waals surface area contributed by atoms with Crippen molar-refractivity contribution in [3.8, 4) is 0 Å². The molecule has 0 fully saturated rings. The second-order valence-corrected chi connectivity index (χ2v) is 6.74. The number of benzene rings is 1. The second-order valence-electron chi connectivity index (χ2n) is 5.56. The van der Waals surface area contributed by atoms with Crippen molar-refractivity contribution in [2.75, 3.05) is 11.9 Å². The van der Waals surface area contributed by atoms with Gasteiger partial charge in [0.2, 0.25) is 16.9 Å². The van der Waals surface area contributed by atoms with Crippen LogP contribution in [0, 0.1) is 6.92 Å². The van der Waals surface area contributed by atoms with Gasteiger partial charge in [-0.15, -0.1) is 10.2 Å². The molecular formula is C16H18N4O2S. The summed E-state index contributed by atoms with van der Waals surface area (Å²) < 4.78 is 0. The van der Waals surface area contributed by atoms with Crippen LogP contribution in [0.1, 0.15) is 35.5 Å². The lowest BCUT2D eigenvalue weighted by Crippen LogP contribution is -2.40. The number of aryl methyl sites for hydroxylation is 1. The first-order chi connectivity index (χ1) is 11.0. The summed E-state index contributed by atoms with van der Waals surface area (Å²) >= 11 is 1.34. The van der Waals surface area contributed by atoms with Crippen LogP contribution in [-0.2, 0) is 16.0 Å². The molecule has 2 heterocycles. The number of fused-ring (bicyclic) bond motifs is 1. The molecule has 1 aromatic carbocycles. The molecule has 120 valence electrons. The average Bonchev–Trinajstić information content (AvgIpc) is 2.92. The second kappa shape index (κ2) is 6.45. The Balaban J connectivity index is 1.80. The molecule has 0 aliphatic carbocycles. The number of nitrogens with one attached hydrogen (secondary N) is 1. The van der Waals surface area contributed by atoms with Gasteiger partial charge in [-0.3, -0.25) is 9.59 Å². The molecule has 0 radical (unpaired) electrons. The summed E-state index contributed by atoms with van der Waals surface area (Å²) in [6.07, 6.45) is 1.04. The Labute approximate surface area is 138 Å². The van der Waals surface area contributed by atoms with E-state index in [0.717, 1.165) is 17.0 Å². The van der Waals surface area contributed by atoms with Crippen molar-refractivity contribution in [1.29, 1.82) is 0 Å². The molecule has 6 nitrogen and oxygen atoms in total. The lowest BCUT2D eigenvalue weighted by molar-refractivity contribution is -0.132. The first kappa shape index (κ1) is 15.6. The molecule has 7 heteroatoms. The monoisotopic (exact) mass is 330 g/mol. The smallest absolute Gasteiger partial charge is 0.228 e. The van der Waals surface area contributed by atoms with Crippen LogP contribution in [0.5, 0.6) is 0 Å². The number of nitrogens with zero attached hydrogens (tertiary/aromatic N) is 3. The quantitative estimate of drug-likeness (QED) is 0.937. The molecule has 1 aliphatic rings. The number of carbonyl (C=O) groups is 2. The average molecular weight is 330 g/mol. The van der Waals surface area contributed by atoms with Crippen molar-refractivity contribution < 1.29 is 9.59 Å². The SMILES string of the molecule is CC(=O)N1CCc2ccccc2C1CC(=O)Nc1nnc(C)s1. The third-order valence-electron chi connectivity index (χ3n) is 3.97. The van der Waals surface area contributed by atoms with Crippen LogP contribution < -0.4 is 5.32 Å². The molecule has 1 aromatic heterocycles. The fourth-order valence-electron chi connectivity index (χ4n) is 2.94. The maximum atomic E-state index is 12.4. The minimum absolute atomic E-state index is 0.0101. The lowest BCUT2D eigenvalue weighted by atomic mass is 9.90. The summed E-state index contributed by atoms with van der Waals surface area (Å²) in [6.45, 7) is 4.03. The molecule has 1 aliphatic heterocycles. The number of amides is 2. The summed E-state index contributed by atoms with van der Waals surface area (Å²) in [6, 6.07) is 7.76. The van der Waals surface area contributed by atoms with Crippen molar-refractivity contribution in [2.24, 2.45) is 0 Å². The predicted octanol–water partition coefficient (Wildman–Crippen LogP) is 2.32. The zero-order chi connectivity index (χ0) is 16.4. The molecule has 2 amide bonds. The highest BCUT2D eigenvalue weighted by Crippen LogP contribution is 2.32. The van der Waals surface area contributed by atoms with Gasteiger partial charge in [-0.2, -0.15) is 0 Å². The third kappa shape index (κ3) is 3.39. The van der Waals surface area contributed by atoms with E-state index in [4.69, 9.17) is 0 Å². The maximum Gasteiger partial charge on any atom is 0.228 e. The third-order valence-corrected chi connectivity index (χ3v) is 4.72. The predicted molar refractivity (Wildman–Crippen MR) is 88.2 cm³/mol. The van der Waals surface area contributed by atoms with Gasteiger partial charge < -0.3 is 10.2 Å². The van der Waals surface area contributed by atoms with Gasteiger partial charge in [-0.25, -0.2) is 0 Å². The van der Waals surface area contributed by atoms with E-state index in [-0.39, 0.29) is 24.3 Å². The van der Waals surface area contributed by atoms with Gasteiger partial charge >= 0.3 is 0 Å². The summed E-state index contributed by atoms with van der Waals surface area (Å²) in [5, 5.41) is 11.8. The van der Waals surface area contributed by atoms with E-state index in [1.807, 2.05) is 25.1 Å². The van der Waals surface area contributed by atoms with Crippen LogP contribution in [0.25, 0.3) is 0 Å². The number of aromatic nitrogens is 2.